The van der Waals surface area contributed by atoms with Crippen LogP contribution < -0.4 is 26.6 Å². The highest BCUT2D eigenvalue weighted by atomic mass is 32.1. The highest BCUT2D eigenvalue weighted by molar-refractivity contribution is 7.14. The van der Waals surface area contributed by atoms with Crippen LogP contribution in [0.3, 0.4) is 0 Å². The van der Waals surface area contributed by atoms with Gasteiger partial charge in [0.25, 0.3) is 5.91 Å². The Kier molecular flexibility index (Phi) is 7.26. The summed E-state index contributed by atoms with van der Waals surface area (Å²) in [4.78, 5) is 33.4. The van der Waals surface area contributed by atoms with E-state index >= 15 is 0 Å². The third-order valence-corrected chi connectivity index (χ3v) is 7.38. The summed E-state index contributed by atoms with van der Waals surface area (Å²) < 4.78 is 0. The van der Waals surface area contributed by atoms with Crippen LogP contribution in [0.15, 0.2) is 29.6 Å². The van der Waals surface area contributed by atoms with Gasteiger partial charge in [0.05, 0.1) is 11.4 Å². The maximum absolute atomic E-state index is 13.0. The molecule has 1 aromatic carbocycles. The van der Waals surface area contributed by atoms with Gasteiger partial charge in [0.2, 0.25) is 5.91 Å². The Morgan fingerprint density at radius 3 is 2.66 bits per heavy atom. The summed E-state index contributed by atoms with van der Waals surface area (Å²) in [5, 5.41) is 5.68. The summed E-state index contributed by atoms with van der Waals surface area (Å²) in [6.45, 7) is 4.11. The molecule has 5 N–H and O–H groups in total. The summed E-state index contributed by atoms with van der Waals surface area (Å²) >= 11 is 1.46. The van der Waals surface area contributed by atoms with Crippen LogP contribution in [0.4, 0.5) is 16.5 Å². The van der Waals surface area contributed by atoms with Crippen LogP contribution in [0.1, 0.15) is 42.6 Å². The lowest BCUT2D eigenvalue weighted by atomic mass is 9.94. The van der Waals surface area contributed by atoms with Crippen molar-refractivity contribution in [2.24, 2.45) is 23.3 Å². The number of nitrogens with two attached hydrogens (primary N) is 2. The highest BCUT2D eigenvalue weighted by Crippen LogP contribution is 2.32. The van der Waals surface area contributed by atoms with Crippen molar-refractivity contribution in [3.63, 3.8) is 0 Å². The molecule has 0 saturated carbocycles. The number of hydrogen-bond donors (Lipinski definition) is 3. The minimum absolute atomic E-state index is 0.0651. The van der Waals surface area contributed by atoms with Crippen LogP contribution >= 0.6 is 11.3 Å². The Morgan fingerprint density at radius 1 is 1.12 bits per heavy atom. The zero-order valence-corrected chi connectivity index (χ0v) is 19.2. The van der Waals surface area contributed by atoms with Crippen molar-refractivity contribution in [2.75, 3.05) is 47.8 Å². The first-order valence-corrected chi connectivity index (χ1v) is 12.3. The molecule has 4 rings (SSSR count). The summed E-state index contributed by atoms with van der Waals surface area (Å²) in [7, 11) is 0. The van der Waals surface area contributed by atoms with Gasteiger partial charge in [-0.3, -0.25) is 9.59 Å². The molecule has 2 fully saturated rings. The standard InChI is InChI=1S/C23H32N6O2S/c24-10-7-16-4-3-11-29(14-16)20-6-2-1-5-18(20)26-22(31)19-15-32-23(27-19)28-12-8-17(9-13-28)21(25)30/h1-2,5-6,15-17H,3-4,7-14,24H2,(H2,25,30)(H,26,31). The van der Waals surface area contributed by atoms with E-state index in [0.717, 1.165) is 68.4 Å². The minimum atomic E-state index is -0.231. The second kappa shape index (κ2) is 10.3. The van der Waals surface area contributed by atoms with E-state index in [9.17, 15) is 9.59 Å². The molecule has 2 aliphatic rings. The normalized spacial score (nSPS) is 19.7. The number of nitrogens with one attached hydrogen (secondary N) is 1. The monoisotopic (exact) mass is 456 g/mol. The number of aromatic nitrogens is 1. The van der Waals surface area contributed by atoms with Crippen molar-refractivity contribution in [2.45, 2.75) is 32.1 Å². The fraction of sp³-hybridized carbons (Fsp3) is 0.522. The number of hydrogen-bond acceptors (Lipinski definition) is 7. The van der Waals surface area contributed by atoms with Crippen LogP contribution in [-0.4, -0.2) is 49.5 Å². The molecule has 8 nitrogen and oxygen atoms in total. The summed E-state index contributed by atoms with van der Waals surface area (Å²) in [6, 6.07) is 7.96. The number of carbonyl (C=O) groups excluding carboxylic acids is 2. The Morgan fingerprint density at radius 2 is 1.91 bits per heavy atom. The molecule has 2 aromatic rings. The Labute approximate surface area is 193 Å². The molecule has 0 radical (unpaired) electrons. The molecule has 2 amide bonds. The van der Waals surface area contributed by atoms with E-state index in [4.69, 9.17) is 11.5 Å². The van der Waals surface area contributed by atoms with Gasteiger partial charge in [-0.1, -0.05) is 12.1 Å². The van der Waals surface area contributed by atoms with Crippen molar-refractivity contribution in [3.8, 4) is 0 Å². The number of thiazole rings is 1. The van der Waals surface area contributed by atoms with E-state index in [1.54, 1.807) is 5.38 Å². The Bertz CT molecular complexity index is 938. The van der Waals surface area contributed by atoms with Crippen LogP contribution in [0.2, 0.25) is 0 Å². The van der Waals surface area contributed by atoms with Crippen LogP contribution in [0.5, 0.6) is 0 Å². The van der Waals surface area contributed by atoms with E-state index < -0.39 is 0 Å². The molecule has 1 aromatic heterocycles. The van der Waals surface area contributed by atoms with Crippen molar-refractivity contribution in [1.29, 1.82) is 0 Å². The van der Waals surface area contributed by atoms with E-state index in [-0.39, 0.29) is 17.7 Å². The van der Waals surface area contributed by atoms with Gasteiger partial charge in [0.1, 0.15) is 5.69 Å². The summed E-state index contributed by atoms with van der Waals surface area (Å²) in [5.41, 5.74) is 13.5. The second-order valence-corrected chi connectivity index (χ2v) is 9.52. The molecule has 0 spiro atoms. The zero-order valence-electron chi connectivity index (χ0n) is 18.3. The van der Waals surface area contributed by atoms with Crippen molar-refractivity contribution >= 4 is 39.7 Å². The number of anilines is 3. The zero-order chi connectivity index (χ0) is 22.5. The average molecular weight is 457 g/mol. The lowest BCUT2D eigenvalue weighted by Gasteiger charge is -2.35. The van der Waals surface area contributed by atoms with Crippen molar-refractivity contribution in [3.05, 3.63) is 35.3 Å². The Balaban J connectivity index is 1.41. The second-order valence-electron chi connectivity index (χ2n) is 8.68. The first kappa shape index (κ1) is 22.5. The number of primary amides is 1. The summed E-state index contributed by atoms with van der Waals surface area (Å²) in [6.07, 6.45) is 4.83. The molecule has 3 heterocycles. The fourth-order valence-corrected chi connectivity index (χ4v) is 5.53. The number of rotatable bonds is 7. The smallest absolute Gasteiger partial charge is 0.275 e. The van der Waals surface area contributed by atoms with E-state index in [1.165, 1.54) is 17.8 Å². The Hall–Kier alpha value is -2.65. The van der Waals surface area contributed by atoms with Gasteiger partial charge in [-0.2, -0.15) is 0 Å². The maximum atomic E-state index is 13.0. The summed E-state index contributed by atoms with van der Waals surface area (Å²) in [5.74, 6) is 0.0927. The largest absolute Gasteiger partial charge is 0.370 e. The van der Waals surface area contributed by atoms with Gasteiger partial charge in [0, 0.05) is 37.5 Å². The van der Waals surface area contributed by atoms with Gasteiger partial charge in [-0.25, -0.2) is 4.98 Å². The van der Waals surface area contributed by atoms with E-state index in [1.807, 2.05) is 18.2 Å². The molecule has 2 saturated heterocycles. The third-order valence-electron chi connectivity index (χ3n) is 6.48. The molecule has 0 bridgehead atoms. The molecule has 1 atom stereocenters. The highest BCUT2D eigenvalue weighted by Gasteiger charge is 2.26. The molecule has 32 heavy (non-hydrogen) atoms. The number of piperidine rings is 2. The van der Waals surface area contributed by atoms with Crippen molar-refractivity contribution < 1.29 is 9.59 Å². The first-order chi connectivity index (χ1) is 15.5. The van der Waals surface area contributed by atoms with Crippen molar-refractivity contribution in [1.82, 2.24) is 4.98 Å². The molecular weight excluding hydrogens is 424 g/mol. The number of carbonyl (C=O) groups is 2. The van der Waals surface area contributed by atoms with Crippen LogP contribution in [-0.2, 0) is 4.79 Å². The minimum Gasteiger partial charge on any atom is -0.370 e. The maximum Gasteiger partial charge on any atom is 0.275 e. The van der Waals surface area contributed by atoms with Gasteiger partial charge in [-0.05, 0) is 56.7 Å². The molecule has 172 valence electrons. The number of para-hydroxylation sites is 2. The molecule has 9 heteroatoms. The van der Waals surface area contributed by atoms with Gasteiger partial charge in [0.15, 0.2) is 5.13 Å². The van der Waals surface area contributed by atoms with Gasteiger partial charge < -0.3 is 26.6 Å². The van der Waals surface area contributed by atoms with Crippen LogP contribution in [0, 0.1) is 11.8 Å². The lowest BCUT2D eigenvalue weighted by molar-refractivity contribution is -0.122. The van der Waals surface area contributed by atoms with Gasteiger partial charge in [-0.15, -0.1) is 11.3 Å². The van der Waals surface area contributed by atoms with Gasteiger partial charge >= 0.3 is 0 Å². The van der Waals surface area contributed by atoms with E-state index in [0.29, 0.717) is 18.2 Å². The lowest BCUT2D eigenvalue weighted by Crippen LogP contribution is -2.38. The molecule has 2 aliphatic heterocycles. The number of benzene rings is 1. The molecular formula is C23H32N6O2S. The fourth-order valence-electron chi connectivity index (χ4n) is 4.67. The SMILES string of the molecule is NCCC1CCCN(c2ccccc2NC(=O)c2csc(N3CCC(C(N)=O)CC3)n2)C1. The number of amides is 2. The number of nitrogens with zero attached hydrogens (tertiary/aromatic N) is 3. The third kappa shape index (κ3) is 5.21. The quantitative estimate of drug-likeness (QED) is 0.590. The van der Waals surface area contributed by atoms with Crippen LogP contribution in [0.25, 0.3) is 0 Å². The van der Waals surface area contributed by atoms with E-state index in [2.05, 4.69) is 26.2 Å². The predicted octanol–water partition coefficient (Wildman–Crippen LogP) is 2.66. The topological polar surface area (TPSA) is 118 Å². The predicted molar refractivity (Wildman–Crippen MR) is 129 cm³/mol. The molecule has 1 unspecified atom stereocenters. The average Bonchev–Trinajstić information content (AvgIpc) is 3.30. The first-order valence-electron chi connectivity index (χ1n) is 11.4. The molecule has 0 aliphatic carbocycles.